The SMILES string of the molecule is O=C1S/C(=C/c2cccs2)C(=O)N1CC1CCCCC1. The van der Waals surface area contributed by atoms with Crippen molar-refractivity contribution < 1.29 is 9.59 Å². The maximum Gasteiger partial charge on any atom is 0.293 e. The van der Waals surface area contributed by atoms with E-state index in [1.165, 1.54) is 24.2 Å². The highest BCUT2D eigenvalue weighted by atomic mass is 32.2. The molecular weight excluding hydrogens is 290 g/mol. The molecule has 1 saturated heterocycles. The van der Waals surface area contributed by atoms with E-state index in [4.69, 9.17) is 0 Å². The number of rotatable bonds is 3. The smallest absolute Gasteiger partial charge is 0.268 e. The highest BCUT2D eigenvalue weighted by Crippen LogP contribution is 2.35. The summed E-state index contributed by atoms with van der Waals surface area (Å²) in [6, 6.07) is 3.91. The second-order valence-corrected chi connectivity index (χ2v) is 7.28. The number of carbonyl (C=O) groups excluding carboxylic acids is 2. The van der Waals surface area contributed by atoms with Crippen LogP contribution >= 0.6 is 23.1 Å². The Bertz CT molecular complexity index is 530. The van der Waals surface area contributed by atoms with Crippen LogP contribution in [0, 0.1) is 5.92 Å². The number of hydrogen-bond acceptors (Lipinski definition) is 4. The minimum absolute atomic E-state index is 0.108. The molecule has 0 unspecified atom stereocenters. The molecule has 3 rings (SSSR count). The number of thiophene rings is 1. The van der Waals surface area contributed by atoms with Gasteiger partial charge in [0.05, 0.1) is 4.91 Å². The molecule has 1 aromatic heterocycles. The molecule has 0 spiro atoms. The van der Waals surface area contributed by atoms with Crippen molar-refractivity contribution in [1.29, 1.82) is 0 Å². The van der Waals surface area contributed by atoms with Crippen molar-refractivity contribution in [3.05, 3.63) is 27.3 Å². The molecule has 20 heavy (non-hydrogen) atoms. The Kier molecular flexibility index (Phi) is 4.27. The molecule has 0 radical (unpaired) electrons. The summed E-state index contributed by atoms with van der Waals surface area (Å²) in [6.45, 7) is 0.604. The van der Waals surface area contributed by atoms with Crippen LogP contribution in [0.3, 0.4) is 0 Å². The molecule has 0 atom stereocenters. The van der Waals surface area contributed by atoms with E-state index >= 15 is 0 Å². The lowest BCUT2D eigenvalue weighted by Gasteiger charge is -2.25. The van der Waals surface area contributed by atoms with E-state index in [1.807, 2.05) is 23.6 Å². The maximum absolute atomic E-state index is 12.3. The number of hydrogen-bond donors (Lipinski definition) is 0. The predicted octanol–water partition coefficient (Wildman–Crippen LogP) is 4.36. The van der Waals surface area contributed by atoms with E-state index in [9.17, 15) is 9.59 Å². The van der Waals surface area contributed by atoms with Crippen molar-refractivity contribution in [2.45, 2.75) is 32.1 Å². The van der Waals surface area contributed by atoms with E-state index in [-0.39, 0.29) is 11.1 Å². The molecule has 3 nitrogen and oxygen atoms in total. The number of imide groups is 1. The summed E-state index contributed by atoms with van der Waals surface area (Å²) in [5.74, 6) is 0.386. The van der Waals surface area contributed by atoms with Gasteiger partial charge in [-0.2, -0.15) is 0 Å². The molecule has 1 saturated carbocycles. The van der Waals surface area contributed by atoms with E-state index < -0.39 is 0 Å². The molecule has 2 fully saturated rings. The first-order valence-corrected chi connectivity index (χ1v) is 8.72. The van der Waals surface area contributed by atoms with Crippen LogP contribution in [0.1, 0.15) is 37.0 Å². The normalized spacial score (nSPS) is 23.0. The summed E-state index contributed by atoms with van der Waals surface area (Å²) >= 11 is 2.65. The summed E-state index contributed by atoms with van der Waals surface area (Å²) in [6.07, 6.45) is 7.86. The summed E-state index contributed by atoms with van der Waals surface area (Å²) < 4.78 is 0. The van der Waals surface area contributed by atoms with Crippen molar-refractivity contribution in [3.63, 3.8) is 0 Å². The lowest BCUT2D eigenvalue weighted by atomic mass is 9.89. The number of thioether (sulfide) groups is 1. The van der Waals surface area contributed by atoms with Crippen LogP contribution in [0.2, 0.25) is 0 Å². The second-order valence-electron chi connectivity index (χ2n) is 5.31. The van der Waals surface area contributed by atoms with Crippen LogP contribution in [-0.2, 0) is 4.79 Å². The average molecular weight is 307 g/mol. The molecule has 2 amide bonds. The van der Waals surface area contributed by atoms with Crippen molar-refractivity contribution in [2.24, 2.45) is 5.92 Å². The van der Waals surface area contributed by atoms with Gasteiger partial charge in [-0.05, 0) is 48.0 Å². The molecule has 5 heteroatoms. The monoisotopic (exact) mass is 307 g/mol. The highest BCUT2D eigenvalue weighted by Gasteiger charge is 2.36. The first kappa shape index (κ1) is 13.9. The quantitative estimate of drug-likeness (QED) is 0.778. The summed E-state index contributed by atoms with van der Waals surface area (Å²) in [5, 5.41) is 1.86. The predicted molar refractivity (Wildman–Crippen MR) is 83.6 cm³/mol. The molecule has 1 aliphatic heterocycles. The first-order chi connectivity index (χ1) is 9.74. The fourth-order valence-corrected chi connectivity index (χ4v) is 4.36. The molecule has 106 valence electrons. The summed E-state index contributed by atoms with van der Waals surface area (Å²) in [4.78, 5) is 27.4. The van der Waals surface area contributed by atoms with Crippen LogP contribution < -0.4 is 0 Å². The van der Waals surface area contributed by atoms with Crippen molar-refractivity contribution in [3.8, 4) is 0 Å². The topological polar surface area (TPSA) is 37.4 Å². The standard InChI is InChI=1S/C15H17NO2S2/c17-14-13(9-12-7-4-8-19-12)20-15(18)16(14)10-11-5-2-1-3-6-11/h4,7-9,11H,1-3,5-6,10H2/b13-9+. The third-order valence-electron chi connectivity index (χ3n) is 3.86. The largest absolute Gasteiger partial charge is 0.293 e. The molecule has 2 heterocycles. The maximum atomic E-state index is 12.3. The Morgan fingerprint density at radius 3 is 2.75 bits per heavy atom. The second kappa shape index (κ2) is 6.14. The molecule has 2 aliphatic rings. The van der Waals surface area contributed by atoms with Crippen LogP contribution in [0.4, 0.5) is 4.79 Å². The van der Waals surface area contributed by atoms with E-state index in [0.717, 1.165) is 29.5 Å². The van der Waals surface area contributed by atoms with Gasteiger partial charge in [0.1, 0.15) is 0 Å². The zero-order valence-corrected chi connectivity index (χ0v) is 12.8. The van der Waals surface area contributed by atoms with Crippen LogP contribution in [-0.4, -0.2) is 22.6 Å². The number of nitrogens with zero attached hydrogens (tertiary/aromatic N) is 1. The zero-order valence-electron chi connectivity index (χ0n) is 11.2. The van der Waals surface area contributed by atoms with Gasteiger partial charge in [0, 0.05) is 11.4 Å². The highest BCUT2D eigenvalue weighted by molar-refractivity contribution is 8.18. The molecule has 1 aromatic rings. The van der Waals surface area contributed by atoms with Gasteiger partial charge in [-0.1, -0.05) is 25.3 Å². The van der Waals surface area contributed by atoms with Crippen LogP contribution in [0.25, 0.3) is 6.08 Å². The lowest BCUT2D eigenvalue weighted by molar-refractivity contribution is -0.123. The molecule has 1 aliphatic carbocycles. The Morgan fingerprint density at radius 2 is 2.05 bits per heavy atom. The zero-order chi connectivity index (χ0) is 13.9. The Morgan fingerprint density at radius 1 is 1.25 bits per heavy atom. The van der Waals surface area contributed by atoms with Gasteiger partial charge in [-0.3, -0.25) is 14.5 Å². The fraction of sp³-hybridized carbons (Fsp3) is 0.467. The van der Waals surface area contributed by atoms with Gasteiger partial charge >= 0.3 is 0 Å². The Labute approximate surface area is 127 Å². The van der Waals surface area contributed by atoms with E-state index in [0.29, 0.717) is 17.4 Å². The van der Waals surface area contributed by atoms with Gasteiger partial charge in [-0.15, -0.1) is 11.3 Å². The van der Waals surface area contributed by atoms with Crippen LogP contribution in [0.5, 0.6) is 0 Å². The van der Waals surface area contributed by atoms with E-state index in [1.54, 1.807) is 11.3 Å². The lowest BCUT2D eigenvalue weighted by Crippen LogP contribution is -2.34. The Balaban J connectivity index is 1.70. The van der Waals surface area contributed by atoms with Gasteiger partial charge in [0.2, 0.25) is 0 Å². The summed E-state index contributed by atoms with van der Waals surface area (Å²) in [7, 11) is 0. The minimum Gasteiger partial charge on any atom is -0.268 e. The molecule has 0 bridgehead atoms. The molecule has 0 aromatic carbocycles. The third-order valence-corrected chi connectivity index (χ3v) is 5.58. The van der Waals surface area contributed by atoms with E-state index in [2.05, 4.69) is 0 Å². The van der Waals surface area contributed by atoms with Crippen molar-refractivity contribution in [2.75, 3.05) is 6.54 Å². The summed E-state index contributed by atoms with van der Waals surface area (Å²) in [5.41, 5.74) is 0. The fourth-order valence-electron chi connectivity index (χ4n) is 2.79. The van der Waals surface area contributed by atoms with Gasteiger partial charge in [0.15, 0.2) is 0 Å². The van der Waals surface area contributed by atoms with Crippen LogP contribution in [0.15, 0.2) is 22.4 Å². The Hall–Kier alpha value is -1.07. The number of carbonyl (C=O) groups is 2. The third kappa shape index (κ3) is 2.99. The minimum atomic E-state index is -0.112. The first-order valence-electron chi connectivity index (χ1n) is 7.03. The number of amides is 2. The van der Waals surface area contributed by atoms with Gasteiger partial charge < -0.3 is 0 Å². The van der Waals surface area contributed by atoms with Crippen molar-refractivity contribution >= 4 is 40.3 Å². The van der Waals surface area contributed by atoms with Gasteiger partial charge in [0.25, 0.3) is 11.1 Å². The van der Waals surface area contributed by atoms with Gasteiger partial charge in [-0.25, -0.2) is 0 Å². The average Bonchev–Trinajstić information content (AvgIpc) is 3.05. The molecule has 0 N–H and O–H groups in total. The van der Waals surface area contributed by atoms with Crippen molar-refractivity contribution in [1.82, 2.24) is 4.90 Å². The molecular formula is C15H17NO2S2.